The molecule has 0 N–H and O–H groups in total. The van der Waals surface area contributed by atoms with Crippen LogP contribution in [-0.2, 0) is 6.18 Å². The number of alkyl halides is 3. The summed E-state index contributed by atoms with van der Waals surface area (Å²) in [7, 11) is 0. The molecule has 4 aromatic heterocycles. The molecule has 0 fully saturated rings. The fourth-order valence-electron chi connectivity index (χ4n) is 7.77. The topological polar surface area (TPSA) is 97.0 Å². The molecule has 8 nitrogen and oxygen atoms in total. The highest BCUT2D eigenvalue weighted by atomic mass is 19.4. The van der Waals surface area contributed by atoms with Gasteiger partial charge in [-0.2, -0.15) is 18.4 Å². The maximum Gasteiger partial charge on any atom is 0.416 e. The number of allylic oxidation sites excluding steroid dienone is 1. The number of hydrogen-bond donors (Lipinski definition) is 0. The standard InChI is InChI=1S/C46H27F3N8/c47-46(48,49)32-20-28(25-50)19-31(21-32)37-24-44(57-40-10-4-2-8-34(40)36-14-12-30(23-42(36)57)45-53-17-6-18-54-45)55-27-43(37)56-39-9-3-1-7-33(39)35-13-11-29(22-41(35)56)38-26-51-15-5-16-52-38/h1-24,27H,26H2. The molecule has 0 spiro atoms. The number of rotatable bonds is 5. The average Bonchev–Trinajstić information content (AvgIpc) is 3.59. The molecule has 57 heavy (non-hydrogen) atoms. The van der Waals surface area contributed by atoms with E-state index < -0.39 is 11.7 Å². The minimum absolute atomic E-state index is 0.113. The first-order chi connectivity index (χ1) is 27.9. The van der Waals surface area contributed by atoms with Gasteiger partial charge < -0.3 is 4.57 Å². The Morgan fingerprint density at radius 3 is 2.04 bits per heavy atom. The molecule has 0 amide bonds. The van der Waals surface area contributed by atoms with Crippen LogP contribution < -0.4 is 0 Å². The number of aromatic nitrogens is 5. The summed E-state index contributed by atoms with van der Waals surface area (Å²) in [5.74, 6) is 1.03. The average molecular weight is 749 g/mol. The smallest absolute Gasteiger partial charge is 0.307 e. The van der Waals surface area contributed by atoms with Gasteiger partial charge in [0.2, 0.25) is 0 Å². The molecule has 0 aliphatic carbocycles. The van der Waals surface area contributed by atoms with Crippen LogP contribution in [0.5, 0.6) is 0 Å². The maximum absolute atomic E-state index is 14.5. The fourth-order valence-corrected chi connectivity index (χ4v) is 7.77. The molecule has 0 atom stereocenters. The highest BCUT2D eigenvalue weighted by molar-refractivity contribution is 6.13. The second-order valence-electron chi connectivity index (χ2n) is 13.6. The molecule has 5 aromatic carbocycles. The lowest BCUT2D eigenvalue weighted by Gasteiger charge is -2.18. The molecule has 5 heterocycles. The Morgan fingerprint density at radius 2 is 1.30 bits per heavy atom. The predicted molar refractivity (Wildman–Crippen MR) is 218 cm³/mol. The summed E-state index contributed by atoms with van der Waals surface area (Å²) in [5.41, 5.74) is 5.90. The van der Waals surface area contributed by atoms with Gasteiger partial charge in [0.05, 0.1) is 63.4 Å². The van der Waals surface area contributed by atoms with E-state index in [1.165, 1.54) is 6.07 Å². The number of hydrogen-bond acceptors (Lipinski definition) is 6. The SMILES string of the molecule is N#Cc1cc(-c2cc(-n3c4ccccc4c4ccc(-c5ncccn5)cc43)ncc2-n2c3ccccc3c3ccc(C4=NC=CC=NC4)cc32)cc(C(F)(F)F)c1. The Balaban J connectivity index is 1.29. The van der Waals surface area contributed by atoms with E-state index in [2.05, 4.69) is 20.0 Å². The number of nitrogens with zero attached hydrogens (tertiary/aromatic N) is 8. The second kappa shape index (κ2) is 13.2. The van der Waals surface area contributed by atoms with Crippen LogP contribution in [0, 0.1) is 11.3 Å². The van der Waals surface area contributed by atoms with Gasteiger partial charge in [0.15, 0.2) is 5.82 Å². The number of para-hydroxylation sites is 2. The van der Waals surface area contributed by atoms with Crippen molar-refractivity contribution in [2.75, 3.05) is 6.54 Å². The largest absolute Gasteiger partial charge is 0.416 e. The van der Waals surface area contributed by atoms with E-state index in [0.717, 1.165) is 72.6 Å². The summed E-state index contributed by atoms with van der Waals surface area (Å²) < 4.78 is 47.5. The first-order valence-corrected chi connectivity index (χ1v) is 18.0. The van der Waals surface area contributed by atoms with E-state index in [1.807, 2.05) is 106 Å². The Hall–Kier alpha value is -7.71. The zero-order valence-corrected chi connectivity index (χ0v) is 29.9. The molecule has 0 saturated heterocycles. The van der Waals surface area contributed by atoms with E-state index in [4.69, 9.17) is 4.98 Å². The molecule has 11 heteroatoms. The Morgan fingerprint density at radius 1 is 0.632 bits per heavy atom. The summed E-state index contributed by atoms with van der Waals surface area (Å²) in [6, 6.07) is 36.9. The lowest BCUT2D eigenvalue weighted by molar-refractivity contribution is -0.137. The van der Waals surface area contributed by atoms with Crippen LogP contribution in [0.4, 0.5) is 13.2 Å². The van der Waals surface area contributed by atoms with Crippen molar-refractivity contribution in [1.29, 1.82) is 5.26 Å². The third-order valence-corrected chi connectivity index (χ3v) is 10.3. The van der Waals surface area contributed by atoms with Crippen LogP contribution in [-0.4, -0.2) is 42.6 Å². The zero-order chi connectivity index (χ0) is 38.7. The van der Waals surface area contributed by atoms with Crippen molar-refractivity contribution >= 4 is 55.5 Å². The lowest BCUT2D eigenvalue weighted by atomic mass is 9.98. The Bertz CT molecular complexity index is 3220. The van der Waals surface area contributed by atoms with Crippen LogP contribution in [0.2, 0.25) is 0 Å². The Labute approximate surface area is 322 Å². The summed E-state index contributed by atoms with van der Waals surface area (Å²) in [6.45, 7) is 0.387. The third kappa shape index (κ3) is 5.74. The highest BCUT2D eigenvalue weighted by Gasteiger charge is 2.32. The molecule has 0 radical (unpaired) electrons. The Kier molecular flexibility index (Phi) is 7.86. The van der Waals surface area contributed by atoms with Crippen LogP contribution in [0.1, 0.15) is 16.7 Å². The molecule has 10 rings (SSSR count). The van der Waals surface area contributed by atoms with Crippen LogP contribution >= 0.6 is 0 Å². The van der Waals surface area contributed by atoms with Crippen molar-refractivity contribution < 1.29 is 13.2 Å². The van der Waals surface area contributed by atoms with E-state index in [1.54, 1.807) is 43.1 Å². The van der Waals surface area contributed by atoms with Crippen molar-refractivity contribution in [1.82, 2.24) is 24.1 Å². The molecular formula is C46H27F3N8. The molecular weight excluding hydrogens is 722 g/mol. The molecule has 0 unspecified atom stereocenters. The summed E-state index contributed by atoms with van der Waals surface area (Å²) in [6.07, 6.45) is 5.58. The highest BCUT2D eigenvalue weighted by Crippen LogP contribution is 2.41. The van der Waals surface area contributed by atoms with Crippen LogP contribution in [0.3, 0.4) is 0 Å². The molecule has 0 bridgehead atoms. The molecule has 272 valence electrons. The molecule has 9 aromatic rings. The summed E-state index contributed by atoms with van der Waals surface area (Å²) in [4.78, 5) is 23.1. The number of fused-ring (bicyclic) bond motifs is 6. The first kappa shape index (κ1) is 33.8. The van der Waals surface area contributed by atoms with Crippen molar-refractivity contribution in [3.8, 4) is 40.1 Å². The molecule has 0 saturated carbocycles. The van der Waals surface area contributed by atoms with Crippen molar-refractivity contribution in [3.05, 3.63) is 163 Å². The van der Waals surface area contributed by atoms with Crippen molar-refractivity contribution in [3.63, 3.8) is 0 Å². The molecule has 1 aliphatic rings. The maximum atomic E-state index is 14.5. The van der Waals surface area contributed by atoms with Crippen LogP contribution in [0.15, 0.2) is 156 Å². The summed E-state index contributed by atoms with van der Waals surface area (Å²) in [5, 5.41) is 13.8. The fraction of sp³-hybridized carbons (Fsp3) is 0.0435. The number of halogens is 3. The number of nitriles is 1. The number of benzene rings is 5. The van der Waals surface area contributed by atoms with Gasteiger partial charge in [-0.05, 0) is 71.8 Å². The van der Waals surface area contributed by atoms with Gasteiger partial charge in [-0.3, -0.25) is 14.6 Å². The van der Waals surface area contributed by atoms with Gasteiger partial charge in [0.25, 0.3) is 0 Å². The third-order valence-electron chi connectivity index (χ3n) is 10.3. The van der Waals surface area contributed by atoms with Crippen molar-refractivity contribution in [2.45, 2.75) is 6.18 Å². The van der Waals surface area contributed by atoms with Gasteiger partial charge in [0, 0.05) is 57.5 Å². The number of aliphatic imine (C=N–C) groups is 2. The monoisotopic (exact) mass is 748 g/mol. The van der Waals surface area contributed by atoms with Gasteiger partial charge in [-0.25, -0.2) is 15.0 Å². The van der Waals surface area contributed by atoms with Crippen molar-refractivity contribution in [2.24, 2.45) is 9.98 Å². The van der Waals surface area contributed by atoms with E-state index >= 15 is 0 Å². The quantitative estimate of drug-likeness (QED) is 0.175. The minimum Gasteiger partial charge on any atom is -0.307 e. The predicted octanol–water partition coefficient (Wildman–Crippen LogP) is 10.7. The van der Waals surface area contributed by atoms with Gasteiger partial charge in [-0.15, -0.1) is 0 Å². The zero-order valence-electron chi connectivity index (χ0n) is 29.9. The minimum atomic E-state index is -4.70. The van der Waals surface area contributed by atoms with E-state index in [0.29, 0.717) is 29.4 Å². The summed E-state index contributed by atoms with van der Waals surface area (Å²) >= 11 is 0. The van der Waals surface area contributed by atoms with Gasteiger partial charge in [-0.1, -0.05) is 60.7 Å². The van der Waals surface area contributed by atoms with E-state index in [9.17, 15) is 18.4 Å². The normalized spacial score (nSPS) is 13.1. The number of pyridine rings is 1. The van der Waals surface area contributed by atoms with E-state index in [-0.39, 0.29) is 11.1 Å². The van der Waals surface area contributed by atoms with Gasteiger partial charge in [0.1, 0.15) is 5.82 Å². The molecule has 1 aliphatic heterocycles. The van der Waals surface area contributed by atoms with Gasteiger partial charge >= 0.3 is 6.18 Å². The second-order valence-corrected chi connectivity index (χ2v) is 13.6. The van der Waals surface area contributed by atoms with Crippen LogP contribution in [0.25, 0.3) is 77.6 Å². The first-order valence-electron chi connectivity index (χ1n) is 18.0. The lowest BCUT2D eigenvalue weighted by Crippen LogP contribution is -2.07.